The lowest BCUT2D eigenvalue weighted by Crippen LogP contribution is -2.30. The third-order valence-corrected chi connectivity index (χ3v) is 9.79. The van der Waals surface area contributed by atoms with Crippen molar-refractivity contribution in [1.82, 2.24) is 10.3 Å². The van der Waals surface area contributed by atoms with E-state index in [1.54, 1.807) is 36.4 Å². The highest BCUT2D eigenvalue weighted by Crippen LogP contribution is 2.38. The van der Waals surface area contributed by atoms with Gasteiger partial charge in [0.25, 0.3) is 11.8 Å². The van der Waals surface area contributed by atoms with Gasteiger partial charge in [-0.3, -0.25) is 14.4 Å². The van der Waals surface area contributed by atoms with Gasteiger partial charge in [0.2, 0.25) is 5.91 Å². The third-order valence-electron chi connectivity index (χ3n) is 7.60. The van der Waals surface area contributed by atoms with Gasteiger partial charge in [0.15, 0.2) is 5.13 Å². The highest BCUT2D eigenvalue weighted by Gasteiger charge is 2.24. The number of rotatable bonds is 12. The summed E-state index contributed by atoms with van der Waals surface area (Å²) in [5.41, 5.74) is 4.38. The first-order valence-corrected chi connectivity index (χ1v) is 17.7. The molecule has 5 aromatic carbocycles. The van der Waals surface area contributed by atoms with E-state index in [4.69, 9.17) is 4.74 Å². The van der Waals surface area contributed by atoms with Crippen LogP contribution in [0.4, 0.5) is 10.8 Å². The van der Waals surface area contributed by atoms with Crippen LogP contribution in [0.2, 0.25) is 0 Å². The molecule has 250 valence electrons. The number of amides is 3. The number of thioether (sulfide) groups is 1. The zero-order chi connectivity index (χ0) is 34.9. The number of benzene rings is 5. The summed E-state index contributed by atoms with van der Waals surface area (Å²) in [5.74, 6) is -0.362. The van der Waals surface area contributed by atoms with Crippen molar-refractivity contribution in [2.45, 2.75) is 24.0 Å². The maximum absolute atomic E-state index is 13.8. The fourth-order valence-electron chi connectivity index (χ4n) is 5.11. The second-order valence-electron chi connectivity index (χ2n) is 11.2. The molecule has 0 bridgehead atoms. The molecule has 10 heteroatoms. The molecule has 3 N–H and O–H groups in total. The highest BCUT2D eigenvalue weighted by atomic mass is 32.2. The Balaban J connectivity index is 1.22. The Kier molecular flexibility index (Phi) is 11.0. The van der Waals surface area contributed by atoms with Crippen molar-refractivity contribution in [2.75, 3.05) is 17.2 Å². The molecule has 0 saturated carbocycles. The summed E-state index contributed by atoms with van der Waals surface area (Å²) in [6.07, 6.45) is 1.67. The summed E-state index contributed by atoms with van der Waals surface area (Å²) < 4.78 is 6.53. The van der Waals surface area contributed by atoms with Gasteiger partial charge >= 0.3 is 0 Å². The van der Waals surface area contributed by atoms with E-state index < -0.39 is 17.1 Å². The molecule has 0 spiro atoms. The number of nitrogens with one attached hydrogen (secondary N) is 3. The molecule has 0 fully saturated rings. The van der Waals surface area contributed by atoms with Crippen molar-refractivity contribution in [3.63, 3.8) is 0 Å². The minimum atomic E-state index is -0.616. The summed E-state index contributed by atoms with van der Waals surface area (Å²) in [6, 6.07) is 38.8. The van der Waals surface area contributed by atoms with E-state index in [-0.39, 0.29) is 11.6 Å². The molecule has 6 rings (SSSR count). The number of ether oxygens (including phenoxy) is 1. The summed E-state index contributed by atoms with van der Waals surface area (Å²) in [7, 11) is 0. The Hall–Kier alpha value is -5.71. The van der Waals surface area contributed by atoms with Crippen LogP contribution in [-0.4, -0.2) is 29.3 Å². The summed E-state index contributed by atoms with van der Waals surface area (Å²) in [5, 5.41) is 8.62. The normalized spacial score (nSPS) is 11.8. The minimum absolute atomic E-state index is 0.0944. The number of carbonyl (C=O) groups is 3. The predicted octanol–water partition coefficient (Wildman–Crippen LogP) is 8.89. The maximum Gasteiger partial charge on any atom is 0.272 e. The van der Waals surface area contributed by atoms with E-state index >= 15 is 0 Å². The van der Waals surface area contributed by atoms with Crippen LogP contribution in [0.5, 0.6) is 5.75 Å². The molecule has 1 heterocycles. The summed E-state index contributed by atoms with van der Waals surface area (Å²) in [6.45, 7) is 4.43. The van der Waals surface area contributed by atoms with Crippen LogP contribution in [0, 0.1) is 6.92 Å². The zero-order valence-electron chi connectivity index (χ0n) is 27.4. The number of carbonyl (C=O) groups excluding carboxylic acids is 3. The Morgan fingerprint density at radius 2 is 1.58 bits per heavy atom. The van der Waals surface area contributed by atoms with Gasteiger partial charge < -0.3 is 20.7 Å². The van der Waals surface area contributed by atoms with E-state index in [2.05, 4.69) is 20.9 Å². The first kappa shape index (κ1) is 34.2. The number of hydrogen-bond acceptors (Lipinski definition) is 7. The monoisotopic (exact) mass is 698 g/mol. The van der Waals surface area contributed by atoms with Crippen LogP contribution >= 0.6 is 23.1 Å². The predicted molar refractivity (Wildman–Crippen MR) is 203 cm³/mol. The molecular weight excluding hydrogens is 665 g/mol. The molecule has 3 amide bonds. The number of hydrogen-bond donors (Lipinski definition) is 3. The van der Waals surface area contributed by atoms with E-state index in [0.717, 1.165) is 37.6 Å². The van der Waals surface area contributed by atoms with Gasteiger partial charge in [-0.05, 0) is 85.1 Å². The number of fused-ring (bicyclic) bond motifs is 1. The average Bonchev–Trinajstić information content (AvgIpc) is 3.53. The van der Waals surface area contributed by atoms with E-state index in [9.17, 15) is 14.4 Å². The van der Waals surface area contributed by atoms with Crippen LogP contribution < -0.4 is 20.7 Å². The van der Waals surface area contributed by atoms with Crippen LogP contribution in [0.3, 0.4) is 0 Å². The van der Waals surface area contributed by atoms with Crippen LogP contribution in [0.15, 0.2) is 138 Å². The van der Waals surface area contributed by atoms with Crippen molar-refractivity contribution in [1.29, 1.82) is 0 Å². The molecule has 1 atom stereocenters. The third kappa shape index (κ3) is 8.65. The SMILES string of the molecule is CCOc1ccc2nc(NC(=O)C(Sc3cccc(NC(=O)/C(=C/c4ccccc4C)NC(=O)c4ccccc4)c3)c3ccccc3)sc2c1. The Bertz CT molecular complexity index is 2170. The molecule has 6 aromatic rings. The van der Waals surface area contributed by atoms with Gasteiger partial charge in [-0.2, -0.15) is 0 Å². The Morgan fingerprint density at radius 1 is 0.840 bits per heavy atom. The number of nitrogens with zero attached hydrogens (tertiary/aromatic N) is 1. The van der Waals surface area contributed by atoms with Gasteiger partial charge in [0, 0.05) is 16.1 Å². The lowest BCUT2D eigenvalue weighted by Gasteiger charge is -2.17. The fraction of sp³-hybridized carbons (Fsp3) is 0.100. The van der Waals surface area contributed by atoms with Crippen LogP contribution in [0.1, 0.15) is 39.2 Å². The maximum atomic E-state index is 13.8. The molecule has 1 unspecified atom stereocenters. The van der Waals surface area contributed by atoms with Gasteiger partial charge in [-0.25, -0.2) is 4.98 Å². The molecule has 0 aliphatic rings. The molecule has 50 heavy (non-hydrogen) atoms. The van der Waals surface area contributed by atoms with E-state index in [0.29, 0.717) is 23.0 Å². The Labute approximate surface area is 298 Å². The second kappa shape index (κ2) is 16.1. The standard InChI is InChI=1S/C40H34N4O4S2/c1-3-48-31-21-22-33-35(25-31)50-40(43-33)44-39(47)36(27-14-6-4-7-15-27)49-32-20-12-19-30(24-32)41-38(46)34(23-29-18-11-10-13-26(29)2)42-37(45)28-16-8-5-9-17-28/h4-25,36H,3H2,1-2H3,(H,41,46)(H,42,45)(H,43,44,47)/b34-23-. The second-order valence-corrected chi connectivity index (χ2v) is 13.4. The van der Waals surface area contributed by atoms with Gasteiger partial charge in [-0.15, -0.1) is 11.8 Å². The van der Waals surface area contributed by atoms with E-state index in [1.165, 1.54) is 23.1 Å². The van der Waals surface area contributed by atoms with Crippen molar-refractivity contribution in [3.8, 4) is 5.75 Å². The van der Waals surface area contributed by atoms with E-state index in [1.807, 2.05) is 111 Å². The van der Waals surface area contributed by atoms with Crippen molar-refractivity contribution < 1.29 is 19.1 Å². The van der Waals surface area contributed by atoms with Gasteiger partial charge in [0.1, 0.15) is 16.7 Å². The Morgan fingerprint density at radius 3 is 2.34 bits per heavy atom. The zero-order valence-corrected chi connectivity index (χ0v) is 29.0. The molecule has 8 nitrogen and oxygen atoms in total. The average molecular weight is 699 g/mol. The molecular formula is C40H34N4O4S2. The van der Waals surface area contributed by atoms with Crippen LogP contribution in [-0.2, 0) is 9.59 Å². The van der Waals surface area contributed by atoms with Crippen molar-refractivity contribution >= 4 is 67.9 Å². The number of aromatic nitrogens is 1. The smallest absolute Gasteiger partial charge is 0.272 e. The van der Waals surface area contributed by atoms with Gasteiger partial charge in [-0.1, -0.05) is 90.2 Å². The molecule has 0 aliphatic heterocycles. The molecule has 0 aliphatic carbocycles. The fourth-order valence-corrected chi connectivity index (χ4v) is 7.10. The topological polar surface area (TPSA) is 109 Å². The minimum Gasteiger partial charge on any atom is -0.494 e. The lowest BCUT2D eigenvalue weighted by atomic mass is 10.1. The largest absolute Gasteiger partial charge is 0.494 e. The van der Waals surface area contributed by atoms with Gasteiger partial charge in [0.05, 0.1) is 16.8 Å². The first-order chi connectivity index (χ1) is 24.4. The van der Waals surface area contributed by atoms with Crippen molar-refractivity contribution in [2.24, 2.45) is 0 Å². The highest BCUT2D eigenvalue weighted by molar-refractivity contribution is 8.00. The molecule has 1 aromatic heterocycles. The van der Waals surface area contributed by atoms with Crippen molar-refractivity contribution in [3.05, 3.63) is 155 Å². The molecule has 0 radical (unpaired) electrons. The number of thiazole rings is 1. The summed E-state index contributed by atoms with van der Waals surface area (Å²) in [4.78, 5) is 46.0. The summed E-state index contributed by atoms with van der Waals surface area (Å²) >= 11 is 2.74. The number of aryl methyl sites for hydroxylation is 1. The van der Waals surface area contributed by atoms with Crippen LogP contribution in [0.25, 0.3) is 16.3 Å². The lowest BCUT2D eigenvalue weighted by molar-refractivity contribution is -0.116. The first-order valence-electron chi connectivity index (χ1n) is 16.0. The number of anilines is 2. The quantitative estimate of drug-likeness (QED) is 0.0870. The molecule has 0 saturated heterocycles.